The van der Waals surface area contributed by atoms with Gasteiger partial charge < -0.3 is 15.7 Å². The minimum absolute atomic E-state index is 0.0153. The molecule has 0 radical (unpaired) electrons. The molecule has 0 spiro atoms. The normalized spacial score (nSPS) is 17.6. The molecule has 2 atom stereocenters. The van der Waals surface area contributed by atoms with Gasteiger partial charge in [0.05, 0.1) is 11.5 Å². The van der Waals surface area contributed by atoms with Crippen LogP contribution in [-0.4, -0.2) is 22.9 Å². The van der Waals surface area contributed by atoms with Gasteiger partial charge in [-0.15, -0.1) is 0 Å². The summed E-state index contributed by atoms with van der Waals surface area (Å²) in [7, 11) is 0. The summed E-state index contributed by atoms with van der Waals surface area (Å²) < 4.78 is 38.6. The number of anilines is 2. The maximum Gasteiger partial charge on any atom is 0.416 e. The lowest BCUT2D eigenvalue weighted by Crippen LogP contribution is -2.32. The van der Waals surface area contributed by atoms with Gasteiger partial charge >= 0.3 is 18.2 Å². The van der Waals surface area contributed by atoms with Crippen LogP contribution in [0, 0.1) is 11.8 Å². The first kappa shape index (κ1) is 25.9. The summed E-state index contributed by atoms with van der Waals surface area (Å²) in [5.74, 6) is -2.23. The number of hydrogen-bond donors (Lipinski definition) is 3. The van der Waals surface area contributed by atoms with Crippen molar-refractivity contribution in [2.75, 3.05) is 10.6 Å². The first-order chi connectivity index (χ1) is 17.6. The number of carboxylic acids is 1. The molecule has 0 bridgehead atoms. The second-order valence-electron chi connectivity index (χ2n) is 9.01. The van der Waals surface area contributed by atoms with Gasteiger partial charge in [0.1, 0.15) is 0 Å². The van der Waals surface area contributed by atoms with Crippen molar-refractivity contribution in [1.82, 2.24) is 0 Å². The van der Waals surface area contributed by atoms with Gasteiger partial charge in [-0.2, -0.15) is 13.2 Å². The van der Waals surface area contributed by atoms with Gasteiger partial charge in [-0.05, 0) is 54.3 Å². The van der Waals surface area contributed by atoms with Gasteiger partial charge in [0.25, 0.3) is 0 Å². The summed E-state index contributed by atoms with van der Waals surface area (Å²) in [5.41, 5.74) is 1.73. The standard InChI is InChI=1S/C28H25F3N2O4/c29-28(30,31)20-4-3-5-22(16-20)33-27(37)32-21-14-12-18(13-15-21)17-8-10-19(11-9-17)25(34)23-6-1-2-7-24(23)26(35)36/h3-5,8-16,23-24H,1-2,6-7H2,(H,35,36)(H2,32,33,37)/t23?,24-/m1/s1. The largest absolute Gasteiger partial charge is 0.481 e. The highest BCUT2D eigenvalue weighted by Gasteiger charge is 2.36. The molecule has 9 heteroatoms. The molecule has 1 saturated carbocycles. The van der Waals surface area contributed by atoms with Crippen LogP contribution in [0.5, 0.6) is 0 Å². The summed E-state index contributed by atoms with van der Waals surface area (Å²) >= 11 is 0. The van der Waals surface area contributed by atoms with Gasteiger partial charge in [0, 0.05) is 22.9 Å². The zero-order chi connectivity index (χ0) is 26.6. The third kappa shape index (κ3) is 6.35. The molecule has 1 fully saturated rings. The van der Waals surface area contributed by atoms with E-state index in [2.05, 4.69) is 10.6 Å². The number of alkyl halides is 3. The predicted octanol–water partition coefficient (Wildman–Crippen LogP) is 7.09. The number of ketones is 1. The van der Waals surface area contributed by atoms with Crippen LogP contribution < -0.4 is 10.6 Å². The first-order valence-electron chi connectivity index (χ1n) is 11.8. The summed E-state index contributed by atoms with van der Waals surface area (Å²) in [6.45, 7) is 0. The number of hydrogen-bond acceptors (Lipinski definition) is 3. The van der Waals surface area contributed by atoms with Gasteiger partial charge in [0.2, 0.25) is 0 Å². The van der Waals surface area contributed by atoms with E-state index in [1.807, 2.05) is 0 Å². The van der Waals surface area contributed by atoms with Crippen LogP contribution in [0.4, 0.5) is 29.3 Å². The van der Waals surface area contributed by atoms with E-state index in [-0.39, 0.29) is 11.5 Å². The van der Waals surface area contributed by atoms with Crippen molar-refractivity contribution in [1.29, 1.82) is 0 Å². The maximum absolute atomic E-state index is 12.9. The van der Waals surface area contributed by atoms with Crippen LogP contribution >= 0.6 is 0 Å². The highest BCUT2D eigenvalue weighted by Crippen LogP contribution is 2.34. The highest BCUT2D eigenvalue weighted by atomic mass is 19.4. The van der Waals surface area contributed by atoms with Gasteiger partial charge in [-0.25, -0.2) is 4.79 Å². The lowest BCUT2D eigenvalue weighted by Gasteiger charge is -2.27. The van der Waals surface area contributed by atoms with Crippen molar-refractivity contribution in [3.63, 3.8) is 0 Å². The fraction of sp³-hybridized carbons (Fsp3) is 0.250. The van der Waals surface area contributed by atoms with Crippen LogP contribution in [-0.2, 0) is 11.0 Å². The van der Waals surface area contributed by atoms with Crippen LogP contribution in [0.3, 0.4) is 0 Å². The van der Waals surface area contributed by atoms with Crippen LogP contribution in [0.15, 0.2) is 72.8 Å². The van der Waals surface area contributed by atoms with Gasteiger partial charge in [-0.3, -0.25) is 9.59 Å². The van der Waals surface area contributed by atoms with E-state index in [1.54, 1.807) is 48.5 Å². The zero-order valence-electron chi connectivity index (χ0n) is 19.7. The van der Waals surface area contributed by atoms with Crippen LogP contribution in [0.1, 0.15) is 41.6 Å². The summed E-state index contributed by atoms with van der Waals surface area (Å²) in [4.78, 5) is 36.7. The molecule has 192 valence electrons. The van der Waals surface area contributed by atoms with E-state index < -0.39 is 35.6 Å². The monoisotopic (exact) mass is 510 g/mol. The number of benzene rings is 3. The predicted molar refractivity (Wildman–Crippen MR) is 133 cm³/mol. The number of carbonyl (C=O) groups excluding carboxylic acids is 2. The van der Waals surface area contributed by atoms with E-state index >= 15 is 0 Å². The molecule has 3 N–H and O–H groups in total. The molecule has 37 heavy (non-hydrogen) atoms. The number of rotatable bonds is 6. The number of halogens is 3. The first-order valence-corrected chi connectivity index (χ1v) is 11.8. The van der Waals surface area contributed by atoms with Crippen molar-refractivity contribution in [3.05, 3.63) is 83.9 Å². The third-order valence-corrected chi connectivity index (χ3v) is 6.51. The quantitative estimate of drug-likeness (QED) is 0.309. The number of Topliss-reactive ketones (excluding diaryl/α,β-unsaturated/α-hetero) is 1. The molecule has 3 aromatic rings. The molecule has 1 unspecified atom stereocenters. The Kier molecular flexibility index (Phi) is 7.61. The second kappa shape index (κ2) is 10.9. The number of carboxylic acid groups (broad SMARTS) is 1. The molecule has 6 nitrogen and oxygen atoms in total. The molecule has 2 amide bonds. The molecule has 1 aliphatic carbocycles. The molecule has 4 rings (SSSR count). The lowest BCUT2D eigenvalue weighted by molar-refractivity contribution is -0.144. The van der Waals surface area contributed by atoms with Crippen molar-refractivity contribution in [3.8, 4) is 11.1 Å². The summed E-state index contributed by atoms with van der Waals surface area (Å²) in [6.07, 6.45) is -1.75. The molecule has 0 saturated heterocycles. The molecule has 3 aromatic carbocycles. The fourth-order valence-corrected chi connectivity index (χ4v) is 4.59. The summed E-state index contributed by atoms with van der Waals surface area (Å²) in [6, 6.07) is 17.5. The van der Waals surface area contributed by atoms with Gasteiger partial charge in [-0.1, -0.05) is 55.3 Å². The Morgan fingerprint density at radius 2 is 1.32 bits per heavy atom. The molecule has 0 heterocycles. The topological polar surface area (TPSA) is 95.5 Å². The lowest BCUT2D eigenvalue weighted by atomic mass is 9.75. The van der Waals surface area contributed by atoms with E-state index in [9.17, 15) is 32.7 Å². The third-order valence-electron chi connectivity index (χ3n) is 6.51. The number of carbonyl (C=O) groups is 3. The SMILES string of the molecule is O=C(Nc1ccc(-c2ccc(C(=O)C3CCCC[C@H]3C(=O)O)cc2)cc1)Nc1cccc(C(F)(F)F)c1. The van der Waals surface area contributed by atoms with Crippen molar-refractivity contribution >= 4 is 29.2 Å². The zero-order valence-corrected chi connectivity index (χ0v) is 19.7. The molecule has 1 aliphatic rings. The Labute approximate surface area is 211 Å². The average molecular weight is 511 g/mol. The summed E-state index contributed by atoms with van der Waals surface area (Å²) in [5, 5.41) is 14.4. The minimum atomic E-state index is -4.51. The second-order valence-corrected chi connectivity index (χ2v) is 9.01. The number of nitrogens with one attached hydrogen (secondary N) is 2. The van der Waals surface area contributed by atoms with Crippen molar-refractivity contribution in [2.45, 2.75) is 31.9 Å². The van der Waals surface area contributed by atoms with E-state index in [1.165, 1.54) is 12.1 Å². The van der Waals surface area contributed by atoms with Crippen LogP contribution in [0.25, 0.3) is 11.1 Å². The highest BCUT2D eigenvalue weighted by molar-refractivity contribution is 6.01. The Morgan fingerprint density at radius 1 is 0.757 bits per heavy atom. The molecule has 0 aliphatic heterocycles. The maximum atomic E-state index is 12.9. The Bertz CT molecular complexity index is 1290. The van der Waals surface area contributed by atoms with E-state index in [0.29, 0.717) is 24.1 Å². The Balaban J connectivity index is 1.38. The van der Waals surface area contributed by atoms with Crippen molar-refractivity contribution in [2.24, 2.45) is 11.8 Å². The van der Waals surface area contributed by atoms with Crippen molar-refractivity contribution < 1.29 is 32.7 Å². The Hall–Kier alpha value is -4.14. The minimum Gasteiger partial charge on any atom is -0.481 e. The van der Waals surface area contributed by atoms with E-state index in [0.717, 1.165) is 36.1 Å². The van der Waals surface area contributed by atoms with Gasteiger partial charge in [0.15, 0.2) is 5.78 Å². The van der Waals surface area contributed by atoms with E-state index in [4.69, 9.17) is 0 Å². The molecule has 0 aromatic heterocycles. The number of aliphatic carboxylic acids is 1. The molecular weight excluding hydrogens is 485 g/mol. The molecular formula is C28H25F3N2O4. The number of amides is 2. The Morgan fingerprint density at radius 3 is 1.92 bits per heavy atom. The smallest absolute Gasteiger partial charge is 0.416 e. The number of urea groups is 1. The van der Waals surface area contributed by atoms with Crippen LogP contribution in [0.2, 0.25) is 0 Å². The fourth-order valence-electron chi connectivity index (χ4n) is 4.59. The average Bonchev–Trinajstić information content (AvgIpc) is 2.88.